The van der Waals surface area contributed by atoms with Crippen LogP contribution in [0, 0.1) is 11.3 Å². The summed E-state index contributed by atoms with van der Waals surface area (Å²) in [6, 6.07) is 11.2. The Bertz CT molecular complexity index is 1110. The van der Waals surface area contributed by atoms with Gasteiger partial charge in [0, 0.05) is 28.8 Å². The molecular weight excluding hydrogens is 471 g/mol. The lowest BCUT2D eigenvalue weighted by atomic mass is 10.2. The summed E-state index contributed by atoms with van der Waals surface area (Å²) < 4.78 is 0. The Balaban J connectivity index is 1.55. The van der Waals surface area contributed by atoms with Crippen molar-refractivity contribution >= 4 is 57.3 Å². The van der Waals surface area contributed by atoms with E-state index in [4.69, 9.17) is 23.2 Å². The quantitative estimate of drug-likeness (QED) is 0.331. The molecule has 0 aliphatic rings. The Morgan fingerprint density at radius 3 is 2.81 bits per heavy atom. The maximum atomic E-state index is 12.3. The van der Waals surface area contributed by atoms with Crippen LogP contribution in [0.4, 0.5) is 5.13 Å². The normalized spacial score (nSPS) is 10.6. The highest BCUT2D eigenvalue weighted by Gasteiger charge is 2.11. The van der Waals surface area contributed by atoms with Gasteiger partial charge in [0.05, 0.1) is 21.3 Å². The van der Waals surface area contributed by atoms with Crippen LogP contribution in [0.2, 0.25) is 10.0 Å². The highest BCUT2D eigenvalue weighted by Crippen LogP contribution is 2.30. The van der Waals surface area contributed by atoms with Crippen LogP contribution in [0.25, 0.3) is 11.3 Å². The molecule has 3 rings (SSSR count). The van der Waals surface area contributed by atoms with E-state index in [1.807, 2.05) is 17.5 Å². The molecule has 0 atom stereocenters. The number of anilines is 1. The molecule has 0 bridgehead atoms. The van der Waals surface area contributed by atoms with E-state index in [2.05, 4.69) is 28.3 Å². The first-order valence-electron chi connectivity index (χ1n) is 9.73. The van der Waals surface area contributed by atoms with Crippen LogP contribution >= 0.6 is 46.3 Å². The maximum absolute atomic E-state index is 12.3. The summed E-state index contributed by atoms with van der Waals surface area (Å²) in [5, 5.41) is 16.1. The minimum atomic E-state index is -0.136. The molecule has 2 heterocycles. The molecule has 31 heavy (non-hydrogen) atoms. The molecule has 0 fully saturated rings. The lowest BCUT2D eigenvalue weighted by Crippen LogP contribution is -2.12. The van der Waals surface area contributed by atoms with Gasteiger partial charge in [0.1, 0.15) is 11.1 Å². The lowest BCUT2D eigenvalue weighted by molar-refractivity contribution is -0.115. The summed E-state index contributed by atoms with van der Waals surface area (Å²) in [6.45, 7) is 2.13. The first-order valence-corrected chi connectivity index (χ1v) is 12.4. The smallest absolute Gasteiger partial charge is 0.226 e. The van der Waals surface area contributed by atoms with Crippen molar-refractivity contribution in [1.29, 1.82) is 5.26 Å². The molecule has 9 heteroatoms. The summed E-state index contributed by atoms with van der Waals surface area (Å²) in [6.07, 6.45) is 3.33. The Kier molecular flexibility index (Phi) is 8.73. The molecular formula is C22H20Cl2N4OS2. The topological polar surface area (TPSA) is 78.7 Å². The van der Waals surface area contributed by atoms with Gasteiger partial charge in [0.15, 0.2) is 5.13 Å². The monoisotopic (exact) mass is 490 g/mol. The number of aromatic nitrogens is 2. The number of halogens is 2. The van der Waals surface area contributed by atoms with Gasteiger partial charge in [-0.25, -0.2) is 9.97 Å². The van der Waals surface area contributed by atoms with Crippen LogP contribution in [-0.4, -0.2) is 21.6 Å². The number of pyridine rings is 1. The van der Waals surface area contributed by atoms with E-state index in [1.54, 1.807) is 18.2 Å². The summed E-state index contributed by atoms with van der Waals surface area (Å²) >= 11 is 14.8. The minimum absolute atomic E-state index is 0.136. The number of nitrogens with one attached hydrogen (secondary N) is 1. The molecule has 1 N–H and O–H groups in total. The Morgan fingerprint density at radius 1 is 1.23 bits per heavy atom. The number of rotatable bonds is 9. The zero-order valence-electron chi connectivity index (χ0n) is 16.8. The number of nitriles is 1. The summed E-state index contributed by atoms with van der Waals surface area (Å²) in [5.74, 6) is 0.388. The summed E-state index contributed by atoms with van der Waals surface area (Å²) in [7, 11) is 0. The molecule has 160 valence electrons. The van der Waals surface area contributed by atoms with E-state index in [1.165, 1.54) is 23.1 Å². The van der Waals surface area contributed by atoms with Gasteiger partial charge in [-0.2, -0.15) is 5.26 Å². The van der Waals surface area contributed by atoms with Crippen LogP contribution in [0.5, 0.6) is 0 Å². The summed E-state index contributed by atoms with van der Waals surface area (Å²) in [4.78, 5) is 21.4. The Morgan fingerprint density at radius 2 is 2.06 bits per heavy atom. The molecule has 0 radical (unpaired) electrons. The molecule has 0 spiro atoms. The zero-order chi connectivity index (χ0) is 22.2. The number of benzene rings is 1. The number of aryl methyl sites for hydroxylation is 1. The second-order valence-corrected chi connectivity index (χ2v) is 9.44. The molecule has 0 saturated heterocycles. The molecule has 0 aliphatic carbocycles. The fraction of sp³-hybridized carbons (Fsp3) is 0.273. The fourth-order valence-electron chi connectivity index (χ4n) is 2.71. The van der Waals surface area contributed by atoms with E-state index in [9.17, 15) is 10.1 Å². The van der Waals surface area contributed by atoms with Gasteiger partial charge in [-0.3, -0.25) is 4.79 Å². The number of thioether (sulfide) groups is 1. The SMILES string of the molecule is CCCCc1ccc(C#N)c(SCCC(=O)Nc2nc(-c3ccc(Cl)c(Cl)c3)cs2)n1. The number of thiazole rings is 1. The maximum Gasteiger partial charge on any atom is 0.226 e. The van der Waals surface area contributed by atoms with Gasteiger partial charge in [0.2, 0.25) is 5.91 Å². The molecule has 0 unspecified atom stereocenters. The Labute approximate surface area is 199 Å². The number of hydrogen-bond donors (Lipinski definition) is 1. The molecule has 0 saturated carbocycles. The van der Waals surface area contributed by atoms with Crippen LogP contribution in [0.1, 0.15) is 37.4 Å². The number of amides is 1. The van der Waals surface area contributed by atoms with Gasteiger partial charge >= 0.3 is 0 Å². The predicted molar refractivity (Wildman–Crippen MR) is 129 cm³/mol. The molecule has 1 aromatic carbocycles. The second-order valence-electron chi connectivity index (χ2n) is 6.68. The van der Waals surface area contributed by atoms with E-state index >= 15 is 0 Å². The molecule has 3 aromatic rings. The molecule has 2 aromatic heterocycles. The van der Waals surface area contributed by atoms with Gasteiger partial charge in [-0.05, 0) is 37.1 Å². The number of unbranched alkanes of at least 4 members (excludes halogenated alkanes) is 1. The Hall–Kier alpha value is -2.11. The number of carbonyl (C=O) groups excluding carboxylic acids is 1. The van der Waals surface area contributed by atoms with Gasteiger partial charge in [-0.15, -0.1) is 23.1 Å². The fourth-order valence-corrected chi connectivity index (χ4v) is 4.68. The van der Waals surface area contributed by atoms with E-state index in [-0.39, 0.29) is 12.3 Å². The standard InChI is InChI=1S/C22H20Cl2N4OS2/c1-2-3-4-16-7-5-15(12-25)21(26-16)30-10-9-20(29)28-22-27-19(13-31-22)14-6-8-17(23)18(24)11-14/h5-8,11,13H,2-4,9-10H2,1H3,(H,27,28,29). The number of carbonyl (C=O) groups is 1. The third kappa shape index (κ3) is 6.68. The second kappa shape index (κ2) is 11.5. The molecule has 5 nitrogen and oxygen atoms in total. The van der Waals surface area contributed by atoms with Crippen LogP contribution in [0.3, 0.4) is 0 Å². The first-order chi connectivity index (χ1) is 15.0. The van der Waals surface area contributed by atoms with Gasteiger partial charge in [-0.1, -0.05) is 42.6 Å². The molecule has 0 aliphatic heterocycles. The van der Waals surface area contributed by atoms with E-state index in [0.717, 1.165) is 36.2 Å². The van der Waals surface area contributed by atoms with Gasteiger partial charge in [0.25, 0.3) is 0 Å². The first kappa shape index (κ1) is 23.6. The molecule has 1 amide bonds. The van der Waals surface area contributed by atoms with Crippen molar-refractivity contribution in [3.63, 3.8) is 0 Å². The predicted octanol–water partition coefficient (Wildman–Crippen LogP) is 6.85. The minimum Gasteiger partial charge on any atom is -0.302 e. The van der Waals surface area contributed by atoms with Gasteiger partial charge < -0.3 is 5.32 Å². The summed E-state index contributed by atoms with van der Waals surface area (Å²) in [5.41, 5.74) is 3.07. The van der Waals surface area contributed by atoms with Crippen LogP contribution < -0.4 is 5.32 Å². The highest BCUT2D eigenvalue weighted by atomic mass is 35.5. The van der Waals surface area contributed by atoms with Crippen molar-refractivity contribution in [2.75, 3.05) is 11.1 Å². The third-order valence-corrected chi connectivity index (χ3v) is 6.85. The van der Waals surface area contributed by atoms with Crippen molar-refractivity contribution < 1.29 is 4.79 Å². The largest absolute Gasteiger partial charge is 0.302 e. The van der Waals surface area contributed by atoms with Crippen molar-refractivity contribution in [2.24, 2.45) is 0 Å². The lowest BCUT2D eigenvalue weighted by Gasteiger charge is -2.06. The highest BCUT2D eigenvalue weighted by molar-refractivity contribution is 7.99. The van der Waals surface area contributed by atoms with Crippen molar-refractivity contribution in [3.8, 4) is 17.3 Å². The van der Waals surface area contributed by atoms with Crippen LogP contribution in [0.15, 0.2) is 40.7 Å². The van der Waals surface area contributed by atoms with Crippen molar-refractivity contribution in [3.05, 3.63) is 57.0 Å². The average Bonchev–Trinajstić information content (AvgIpc) is 3.22. The van der Waals surface area contributed by atoms with E-state index in [0.29, 0.717) is 31.5 Å². The third-order valence-electron chi connectivity index (χ3n) is 4.36. The zero-order valence-corrected chi connectivity index (χ0v) is 20.0. The number of hydrogen-bond acceptors (Lipinski definition) is 6. The average molecular weight is 491 g/mol. The van der Waals surface area contributed by atoms with Crippen LogP contribution in [-0.2, 0) is 11.2 Å². The van der Waals surface area contributed by atoms with E-state index < -0.39 is 0 Å². The number of nitrogens with zero attached hydrogens (tertiary/aromatic N) is 3. The van der Waals surface area contributed by atoms with Crippen molar-refractivity contribution in [2.45, 2.75) is 37.6 Å². The van der Waals surface area contributed by atoms with Crippen molar-refractivity contribution in [1.82, 2.24) is 9.97 Å².